The Kier molecular flexibility index (Phi) is 6.28. The molecule has 0 saturated carbocycles. The number of hydrogen-bond donors (Lipinski definition) is 1. The Hall–Kier alpha value is -3.57. The highest BCUT2D eigenvalue weighted by Crippen LogP contribution is 2.35. The molecule has 0 aliphatic carbocycles. The number of hydrogen-bond acceptors (Lipinski definition) is 4. The van der Waals surface area contributed by atoms with Crippen LogP contribution in [-0.2, 0) is 11.3 Å². The molecule has 0 saturated heterocycles. The molecule has 1 heterocycles. The fourth-order valence-electron chi connectivity index (χ4n) is 3.37. The molecular weight excluding hydrogens is 426 g/mol. The van der Waals surface area contributed by atoms with Crippen LogP contribution < -0.4 is 15.5 Å². The predicted molar refractivity (Wildman–Crippen MR) is 126 cm³/mol. The lowest BCUT2D eigenvalue weighted by atomic mass is 10.0. The number of ether oxygens (including phenoxy) is 1. The van der Waals surface area contributed by atoms with Crippen LogP contribution in [-0.4, -0.2) is 12.5 Å². The summed E-state index contributed by atoms with van der Waals surface area (Å²) in [5.74, 6) is -0.186. The third-order valence-electron chi connectivity index (χ3n) is 5.26. The number of fused-ring (bicyclic) bond motifs is 1. The van der Waals surface area contributed by atoms with Gasteiger partial charge in [0.1, 0.15) is 5.58 Å². The lowest BCUT2D eigenvalue weighted by Gasteiger charge is -2.13. The van der Waals surface area contributed by atoms with Gasteiger partial charge in [-0.1, -0.05) is 54.1 Å². The van der Waals surface area contributed by atoms with Gasteiger partial charge in [0, 0.05) is 12.1 Å². The second kappa shape index (κ2) is 9.28. The van der Waals surface area contributed by atoms with E-state index in [1.807, 2.05) is 50.2 Å². The summed E-state index contributed by atoms with van der Waals surface area (Å²) in [6.45, 7) is 3.91. The van der Waals surface area contributed by atoms with Gasteiger partial charge in [0.25, 0.3) is 5.91 Å². The van der Waals surface area contributed by atoms with E-state index in [1.54, 1.807) is 30.3 Å². The Morgan fingerprint density at radius 3 is 2.44 bits per heavy atom. The van der Waals surface area contributed by atoms with Gasteiger partial charge in [-0.2, -0.15) is 0 Å². The van der Waals surface area contributed by atoms with E-state index in [1.165, 1.54) is 0 Å². The normalized spacial score (nSPS) is 10.8. The first-order chi connectivity index (χ1) is 15.4. The molecule has 6 heteroatoms. The minimum Gasteiger partial charge on any atom is -0.476 e. The van der Waals surface area contributed by atoms with Crippen molar-refractivity contribution in [3.8, 4) is 17.1 Å². The fraction of sp³-hybridized carbons (Fsp3) is 0.154. The Morgan fingerprint density at radius 1 is 1.00 bits per heavy atom. The zero-order valence-electron chi connectivity index (χ0n) is 17.8. The summed E-state index contributed by atoms with van der Waals surface area (Å²) in [5.41, 5.74) is 3.54. The zero-order chi connectivity index (χ0) is 22.7. The molecule has 5 nitrogen and oxygen atoms in total. The Morgan fingerprint density at radius 2 is 1.69 bits per heavy atom. The summed E-state index contributed by atoms with van der Waals surface area (Å²) in [6, 6.07) is 20.2. The summed E-state index contributed by atoms with van der Waals surface area (Å²) in [5, 5.41) is 3.60. The van der Waals surface area contributed by atoms with E-state index in [-0.39, 0.29) is 29.5 Å². The van der Waals surface area contributed by atoms with Crippen LogP contribution in [0.5, 0.6) is 5.75 Å². The molecule has 0 spiro atoms. The first-order valence-electron chi connectivity index (χ1n) is 10.2. The monoisotopic (exact) mass is 447 g/mol. The van der Waals surface area contributed by atoms with E-state index in [0.717, 1.165) is 16.7 Å². The predicted octanol–water partition coefficient (Wildman–Crippen LogP) is 5.43. The van der Waals surface area contributed by atoms with Crippen LogP contribution in [0, 0.1) is 13.8 Å². The van der Waals surface area contributed by atoms with Crippen molar-refractivity contribution in [1.82, 2.24) is 5.32 Å². The summed E-state index contributed by atoms with van der Waals surface area (Å²) in [6.07, 6.45) is 0. The highest BCUT2D eigenvalue weighted by Gasteiger charge is 2.21. The lowest BCUT2D eigenvalue weighted by molar-refractivity contribution is -0.123. The van der Waals surface area contributed by atoms with Gasteiger partial charge in [0.15, 0.2) is 12.4 Å². The third-order valence-corrected chi connectivity index (χ3v) is 5.59. The number of nitrogens with one attached hydrogen (secondary N) is 1. The molecule has 0 radical (unpaired) electrons. The van der Waals surface area contributed by atoms with Gasteiger partial charge in [-0.05, 0) is 54.8 Å². The van der Waals surface area contributed by atoms with Crippen molar-refractivity contribution in [3.63, 3.8) is 0 Å². The van der Waals surface area contributed by atoms with E-state index in [4.69, 9.17) is 20.8 Å². The van der Waals surface area contributed by atoms with Crippen molar-refractivity contribution in [3.05, 3.63) is 98.7 Å². The van der Waals surface area contributed by atoms with Crippen molar-refractivity contribution >= 4 is 28.5 Å². The highest BCUT2D eigenvalue weighted by atomic mass is 35.5. The fourth-order valence-corrected chi connectivity index (χ4v) is 3.59. The molecule has 0 aliphatic rings. The van der Waals surface area contributed by atoms with Crippen molar-refractivity contribution in [2.45, 2.75) is 20.4 Å². The number of benzene rings is 3. The highest BCUT2D eigenvalue weighted by molar-refractivity contribution is 6.33. The molecule has 0 bridgehead atoms. The summed E-state index contributed by atoms with van der Waals surface area (Å²) in [4.78, 5) is 25.7. The molecule has 0 atom stereocenters. The Balaban J connectivity index is 1.68. The van der Waals surface area contributed by atoms with Crippen LogP contribution >= 0.6 is 11.6 Å². The molecule has 3 aromatic carbocycles. The number of halogens is 1. The van der Waals surface area contributed by atoms with E-state index in [9.17, 15) is 9.59 Å². The number of carbonyl (C=O) groups is 1. The Bertz CT molecular complexity index is 1350. The van der Waals surface area contributed by atoms with E-state index in [0.29, 0.717) is 28.1 Å². The van der Waals surface area contributed by atoms with Crippen LogP contribution in [0.25, 0.3) is 22.3 Å². The largest absolute Gasteiger partial charge is 0.476 e. The maximum absolute atomic E-state index is 13.3. The lowest BCUT2D eigenvalue weighted by Crippen LogP contribution is -2.29. The summed E-state index contributed by atoms with van der Waals surface area (Å²) >= 11 is 6.37. The zero-order valence-corrected chi connectivity index (χ0v) is 18.5. The minimum atomic E-state index is -0.349. The first kappa shape index (κ1) is 21.7. The average Bonchev–Trinajstić information content (AvgIpc) is 2.79. The molecule has 32 heavy (non-hydrogen) atoms. The van der Waals surface area contributed by atoms with Crippen LogP contribution in [0.1, 0.15) is 16.7 Å². The minimum absolute atomic E-state index is 0.0382. The van der Waals surface area contributed by atoms with E-state index < -0.39 is 0 Å². The van der Waals surface area contributed by atoms with E-state index in [2.05, 4.69) is 5.32 Å². The number of aryl methyl sites for hydroxylation is 2. The second-order valence-electron chi connectivity index (χ2n) is 7.55. The topological polar surface area (TPSA) is 68.5 Å². The smallest absolute Gasteiger partial charge is 0.258 e. The maximum atomic E-state index is 13.3. The van der Waals surface area contributed by atoms with Gasteiger partial charge in [0.2, 0.25) is 11.2 Å². The molecule has 162 valence electrons. The van der Waals surface area contributed by atoms with E-state index >= 15 is 0 Å². The number of rotatable bonds is 6. The summed E-state index contributed by atoms with van der Waals surface area (Å²) in [7, 11) is 0. The molecule has 1 aromatic heterocycles. The van der Waals surface area contributed by atoms with Crippen molar-refractivity contribution in [2.75, 3.05) is 6.61 Å². The quantitative estimate of drug-likeness (QED) is 0.428. The van der Waals surface area contributed by atoms with Gasteiger partial charge in [-0.3, -0.25) is 9.59 Å². The molecule has 0 aliphatic heterocycles. The molecule has 1 N–H and O–H groups in total. The molecule has 0 unspecified atom stereocenters. The second-order valence-corrected chi connectivity index (χ2v) is 7.96. The average molecular weight is 448 g/mol. The molecule has 0 fully saturated rings. The van der Waals surface area contributed by atoms with Crippen LogP contribution in [0.3, 0.4) is 0 Å². The van der Waals surface area contributed by atoms with Crippen LogP contribution in [0.2, 0.25) is 5.02 Å². The van der Waals surface area contributed by atoms with Gasteiger partial charge in [-0.25, -0.2) is 0 Å². The Labute approximate surface area is 190 Å². The SMILES string of the molecule is Cc1cc2oc(-c3ccccc3Cl)c(OCC(=O)NCc3ccccc3)c(=O)c2cc1C. The van der Waals surface area contributed by atoms with Crippen molar-refractivity contribution < 1.29 is 13.9 Å². The van der Waals surface area contributed by atoms with Gasteiger partial charge in [0.05, 0.1) is 10.4 Å². The van der Waals surface area contributed by atoms with Gasteiger partial charge < -0.3 is 14.5 Å². The molecule has 4 rings (SSSR count). The summed E-state index contributed by atoms with van der Waals surface area (Å²) < 4.78 is 11.8. The van der Waals surface area contributed by atoms with Crippen molar-refractivity contribution in [2.24, 2.45) is 0 Å². The number of amides is 1. The van der Waals surface area contributed by atoms with Gasteiger partial charge in [-0.15, -0.1) is 0 Å². The van der Waals surface area contributed by atoms with Crippen LogP contribution in [0.4, 0.5) is 0 Å². The molecular formula is C26H22ClNO4. The van der Waals surface area contributed by atoms with Gasteiger partial charge >= 0.3 is 0 Å². The maximum Gasteiger partial charge on any atom is 0.258 e. The van der Waals surface area contributed by atoms with Crippen molar-refractivity contribution in [1.29, 1.82) is 0 Å². The van der Waals surface area contributed by atoms with Crippen LogP contribution in [0.15, 0.2) is 75.9 Å². The number of carbonyl (C=O) groups excluding carboxylic acids is 1. The molecule has 4 aromatic rings. The molecule has 1 amide bonds. The first-order valence-corrected chi connectivity index (χ1v) is 10.6. The standard InChI is InChI=1S/C26H22ClNO4/c1-16-12-20-22(13-17(16)2)32-25(19-10-6-7-11-21(19)27)26(24(20)30)31-15-23(29)28-14-18-8-4-3-5-9-18/h3-13H,14-15H2,1-2H3,(H,28,29). The third kappa shape index (κ3) is 4.53.